The highest BCUT2D eigenvalue weighted by Crippen LogP contribution is 2.24. The summed E-state index contributed by atoms with van der Waals surface area (Å²) >= 11 is 0. The van der Waals surface area contributed by atoms with E-state index in [1.165, 1.54) is 12.8 Å². The van der Waals surface area contributed by atoms with Crippen LogP contribution in [-0.2, 0) is 9.53 Å². The molecular formula is C17H33ClN2O2. The molecule has 22 heavy (non-hydrogen) atoms. The highest BCUT2D eigenvalue weighted by atomic mass is 35.5. The Labute approximate surface area is 141 Å². The first-order valence-corrected chi connectivity index (χ1v) is 8.78. The number of hydrogen-bond donors (Lipinski definition) is 1. The third-order valence-corrected chi connectivity index (χ3v) is 4.77. The lowest BCUT2D eigenvalue weighted by atomic mass is 9.92. The van der Waals surface area contributed by atoms with Crippen molar-refractivity contribution in [2.75, 3.05) is 26.2 Å². The molecule has 2 aliphatic rings. The molecule has 1 atom stereocenters. The monoisotopic (exact) mass is 332 g/mol. The number of rotatable bonds is 6. The third kappa shape index (κ3) is 6.43. The van der Waals surface area contributed by atoms with Crippen molar-refractivity contribution in [2.45, 2.75) is 70.9 Å². The summed E-state index contributed by atoms with van der Waals surface area (Å²) in [5.41, 5.74) is 0. The Morgan fingerprint density at radius 3 is 2.64 bits per heavy atom. The highest BCUT2D eigenvalue weighted by molar-refractivity contribution is 5.85. The van der Waals surface area contributed by atoms with Gasteiger partial charge >= 0.3 is 0 Å². The zero-order valence-electron chi connectivity index (χ0n) is 14.2. The lowest BCUT2D eigenvalue weighted by Gasteiger charge is -2.37. The molecule has 0 aromatic carbocycles. The van der Waals surface area contributed by atoms with Crippen molar-refractivity contribution in [2.24, 2.45) is 5.92 Å². The summed E-state index contributed by atoms with van der Waals surface area (Å²) in [4.78, 5) is 14.8. The zero-order valence-corrected chi connectivity index (χ0v) is 15.0. The van der Waals surface area contributed by atoms with Gasteiger partial charge in [0.25, 0.3) is 0 Å². The van der Waals surface area contributed by atoms with Crippen LogP contribution in [0.5, 0.6) is 0 Å². The smallest absolute Gasteiger partial charge is 0.223 e. The van der Waals surface area contributed by atoms with Crippen molar-refractivity contribution in [1.29, 1.82) is 0 Å². The second-order valence-corrected chi connectivity index (χ2v) is 6.84. The molecule has 0 spiro atoms. The molecule has 0 radical (unpaired) electrons. The Morgan fingerprint density at radius 2 is 1.95 bits per heavy atom. The largest absolute Gasteiger partial charge is 0.379 e. The molecule has 1 amide bonds. The number of halogens is 1. The molecule has 0 bridgehead atoms. The highest BCUT2D eigenvalue weighted by Gasteiger charge is 2.28. The summed E-state index contributed by atoms with van der Waals surface area (Å²) in [6.07, 6.45) is 7.91. The van der Waals surface area contributed by atoms with E-state index in [9.17, 15) is 4.79 Å². The quantitative estimate of drug-likeness (QED) is 0.813. The van der Waals surface area contributed by atoms with Gasteiger partial charge in [-0.15, -0.1) is 12.4 Å². The standard InChI is InChI=1S/C17H32N2O2.ClH/c1-14(2)21-12-8-16-5-3-4-11-19(16)17(20)13-15-6-9-18-10-7-15;/h14-16,18H,3-13H2,1-2H3;1H. The van der Waals surface area contributed by atoms with E-state index < -0.39 is 0 Å². The minimum Gasteiger partial charge on any atom is -0.379 e. The topological polar surface area (TPSA) is 41.6 Å². The van der Waals surface area contributed by atoms with E-state index in [-0.39, 0.29) is 18.5 Å². The van der Waals surface area contributed by atoms with Crippen LogP contribution in [0.2, 0.25) is 0 Å². The summed E-state index contributed by atoms with van der Waals surface area (Å²) in [5, 5.41) is 3.37. The van der Waals surface area contributed by atoms with Crippen LogP contribution in [0.15, 0.2) is 0 Å². The molecule has 0 aromatic heterocycles. The van der Waals surface area contributed by atoms with Gasteiger partial charge in [0.05, 0.1) is 6.10 Å². The minimum atomic E-state index is 0. The first-order chi connectivity index (χ1) is 10.2. The fourth-order valence-electron chi connectivity index (χ4n) is 3.52. The van der Waals surface area contributed by atoms with Crippen LogP contribution in [0.1, 0.15) is 58.8 Å². The van der Waals surface area contributed by atoms with E-state index in [4.69, 9.17) is 4.74 Å². The van der Waals surface area contributed by atoms with Crippen molar-refractivity contribution in [1.82, 2.24) is 10.2 Å². The second kappa shape index (κ2) is 10.5. The molecule has 5 heteroatoms. The number of hydrogen-bond acceptors (Lipinski definition) is 3. The second-order valence-electron chi connectivity index (χ2n) is 6.84. The lowest BCUT2D eigenvalue weighted by molar-refractivity contribution is -0.136. The van der Waals surface area contributed by atoms with E-state index in [0.717, 1.165) is 58.3 Å². The molecule has 2 aliphatic heterocycles. The Balaban J connectivity index is 0.00000242. The molecule has 0 aliphatic carbocycles. The summed E-state index contributed by atoms with van der Waals surface area (Å²) in [6, 6.07) is 0.409. The van der Waals surface area contributed by atoms with Gasteiger partial charge in [-0.3, -0.25) is 4.79 Å². The Bertz CT molecular complexity index is 320. The minimum absolute atomic E-state index is 0. The summed E-state index contributed by atoms with van der Waals surface area (Å²) < 4.78 is 5.68. The normalized spacial score (nSPS) is 23.4. The van der Waals surface area contributed by atoms with E-state index in [1.807, 2.05) is 0 Å². The third-order valence-electron chi connectivity index (χ3n) is 4.77. The fourth-order valence-corrected chi connectivity index (χ4v) is 3.52. The Hall–Kier alpha value is -0.320. The number of nitrogens with one attached hydrogen (secondary N) is 1. The van der Waals surface area contributed by atoms with Crippen LogP contribution in [0.4, 0.5) is 0 Å². The van der Waals surface area contributed by atoms with Crippen LogP contribution in [0.3, 0.4) is 0 Å². The predicted molar refractivity (Wildman–Crippen MR) is 92.5 cm³/mol. The predicted octanol–water partition coefficient (Wildman–Crippen LogP) is 2.99. The van der Waals surface area contributed by atoms with Crippen molar-refractivity contribution in [3.63, 3.8) is 0 Å². The molecule has 130 valence electrons. The SMILES string of the molecule is CC(C)OCCC1CCCCN1C(=O)CC1CCNCC1.Cl. The van der Waals surface area contributed by atoms with Crippen LogP contribution < -0.4 is 5.32 Å². The number of nitrogens with zero attached hydrogens (tertiary/aromatic N) is 1. The van der Waals surface area contributed by atoms with E-state index >= 15 is 0 Å². The number of likely N-dealkylation sites (tertiary alicyclic amines) is 1. The van der Waals surface area contributed by atoms with Gasteiger partial charge in [0.1, 0.15) is 0 Å². The van der Waals surface area contributed by atoms with Crippen LogP contribution in [0.25, 0.3) is 0 Å². The first kappa shape index (κ1) is 19.7. The van der Waals surface area contributed by atoms with Gasteiger partial charge in [-0.05, 0) is 71.4 Å². The number of amides is 1. The van der Waals surface area contributed by atoms with Crippen LogP contribution in [0, 0.1) is 5.92 Å². The Kier molecular flexibility index (Phi) is 9.37. The van der Waals surface area contributed by atoms with E-state index in [0.29, 0.717) is 17.9 Å². The lowest BCUT2D eigenvalue weighted by Crippen LogP contribution is -2.45. The number of piperidine rings is 2. The van der Waals surface area contributed by atoms with Gasteiger partial charge in [-0.1, -0.05) is 0 Å². The number of carbonyl (C=O) groups excluding carboxylic acids is 1. The Morgan fingerprint density at radius 1 is 1.23 bits per heavy atom. The van der Waals surface area contributed by atoms with Crippen LogP contribution >= 0.6 is 12.4 Å². The molecule has 1 N–H and O–H groups in total. The molecule has 2 heterocycles. The fraction of sp³-hybridized carbons (Fsp3) is 0.941. The molecule has 1 unspecified atom stereocenters. The first-order valence-electron chi connectivity index (χ1n) is 8.78. The number of ether oxygens (including phenoxy) is 1. The van der Waals surface area contributed by atoms with Gasteiger partial charge in [0.15, 0.2) is 0 Å². The van der Waals surface area contributed by atoms with Crippen LogP contribution in [-0.4, -0.2) is 49.2 Å². The number of carbonyl (C=O) groups is 1. The van der Waals surface area contributed by atoms with Crippen molar-refractivity contribution in [3.8, 4) is 0 Å². The van der Waals surface area contributed by atoms with Gasteiger partial charge in [0, 0.05) is 25.6 Å². The molecule has 2 rings (SSSR count). The molecular weight excluding hydrogens is 300 g/mol. The zero-order chi connectivity index (χ0) is 15.1. The molecule has 0 aromatic rings. The molecule has 2 fully saturated rings. The van der Waals surface area contributed by atoms with Gasteiger partial charge in [0.2, 0.25) is 5.91 Å². The summed E-state index contributed by atoms with van der Waals surface area (Å²) in [7, 11) is 0. The van der Waals surface area contributed by atoms with Gasteiger partial charge in [-0.2, -0.15) is 0 Å². The maximum atomic E-state index is 12.6. The average molecular weight is 333 g/mol. The van der Waals surface area contributed by atoms with Crippen molar-refractivity contribution < 1.29 is 9.53 Å². The molecule has 4 nitrogen and oxygen atoms in total. The van der Waals surface area contributed by atoms with Gasteiger partial charge < -0.3 is 15.0 Å². The van der Waals surface area contributed by atoms with Gasteiger partial charge in [-0.25, -0.2) is 0 Å². The molecule has 0 saturated carbocycles. The maximum absolute atomic E-state index is 12.6. The summed E-state index contributed by atoms with van der Waals surface area (Å²) in [5.74, 6) is 0.976. The van der Waals surface area contributed by atoms with E-state index in [2.05, 4.69) is 24.1 Å². The molecule has 2 saturated heterocycles. The van der Waals surface area contributed by atoms with Crippen molar-refractivity contribution >= 4 is 18.3 Å². The maximum Gasteiger partial charge on any atom is 0.223 e. The van der Waals surface area contributed by atoms with E-state index in [1.54, 1.807) is 0 Å². The van der Waals surface area contributed by atoms with Crippen molar-refractivity contribution in [3.05, 3.63) is 0 Å². The summed E-state index contributed by atoms with van der Waals surface area (Å²) in [6.45, 7) is 8.02. The average Bonchev–Trinajstić information content (AvgIpc) is 2.48.